The van der Waals surface area contributed by atoms with E-state index in [1.165, 1.54) is 116 Å². The second-order valence-corrected chi connectivity index (χ2v) is 15.5. The van der Waals surface area contributed by atoms with Crippen molar-refractivity contribution in [2.75, 3.05) is 19.8 Å². The number of carbonyl (C=O) groups is 2. The number of aliphatic hydroxyl groups excluding tert-OH is 4. The Labute approximate surface area is 329 Å². The van der Waals surface area contributed by atoms with Gasteiger partial charge in [-0.2, -0.15) is 0 Å². The standard InChI is InChI=1S/C44H82O10/c1-3-5-7-9-11-13-15-17-19-21-22-24-26-28-30-32-39(46)51-35-37(36-52-44-43(50)42(49)41(48)38(34-45)54-44)53-40(47)33-31-29-27-25-23-20-18-16-14-12-10-8-6-4-2/h16,18,37-38,41-45,48-50H,3-15,17,19-36H2,1-2H3/b18-16+/t37-,38-,41+,42?,43?,44-/m0/s1. The van der Waals surface area contributed by atoms with E-state index in [0.29, 0.717) is 6.42 Å². The summed E-state index contributed by atoms with van der Waals surface area (Å²) in [7, 11) is 0. The molecule has 0 aromatic carbocycles. The topological polar surface area (TPSA) is 152 Å². The highest BCUT2D eigenvalue weighted by atomic mass is 16.7. The Hall–Kier alpha value is -1.56. The van der Waals surface area contributed by atoms with Gasteiger partial charge in [-0.1, -0.05) is 161 Å². The van der Waals surface area contributed by atoms with E-state index in [2.05, 4.69) is 26.0 Å². The largest absolute Gasteiger partial charge is 0.462 e. The average molecular weight is 771 g/mol. The van der Waals surface area contributed by atoms with E-state index >= 15 is 0 Å². The van der Waals surface area contributed by atoms with Crippen molar-refractivity contribution in [1.82, 2.24) is 0 Å². The Balaban J connectivity index is 2.33. The Morgan fingerprint density at radius 3 is 1.44 bits per heavy atom. The highest BCUT2D eigenvalue weighted by Crippen LogP contribution is 2.23. The lowest BCUT2D eigenvalue weighted by molar-refractivity contribution is -0.305. The molecule has 0 aromatic heterocycles. The molecule has 0 amide bonds. The number of esters is 2. The molecule has 6 atom stereocenters. The molecule has 1 aliphatic heterocycles. The van der Waals surface area contributed by atoms with Crippen molar-refractivity contribution >= 4 is 11.9 Å². The first-order valence-electron chi connectivity index (χ1n) is 22.3. The molecule has 1 heterocycles. The molecule has 0 bridgehead atoms. The summed E-state index contributed by atoms with van der Waals surface area (Å²) >= 11 is 0. The minimum Gasteiger partial charge on any atom is -0.462 e. The molecule has 0 saturated carbocycles. The van der Waals surface area contributed by atoms with Gasteiger partial charge in [0.25, 0.3) is 0 Å². The van der Waals surface area contributed by atoms with Crippen LogP contribution in [0.5, 0.6) is 0 Å². The summed E-state index contributed by atoms with van der Waals surface area (Å²) in [6.07, 6.45) is 29.3. The van der Waals surface area contributed by atoms with Crippen molar-refractivity contribution < 1.29 is 49.0 Å². The summed E-state index contributed by atoms with van der Waals surface area (Å²) in [5.41, 5.74) is 0. The molecule has 318 valence electrons. The molecule has 0 aromatic rings. The highest BCUT2D eigenvalue weighted by Gasteiger charge is 2.44. The zero-order chi connectivity index (χ0) is 39.5. The first kappa shape index (κ1) is 50.5. The van der Waals surface area contributed by atoms with Crippen molar-refractivity contribution in [2.45, 2.75) is 237 Å². The van der Waals surface area contributed by atoms with Crippen molar-refractivity contribution in [1.29, 1.82) is 0 Å². The lowest BCUT2D eigenvalue weighted by atomic mass is 9.99. The minimum atomic E-state index is -1.59. The van der Waals surface area contributed by atoms with Crippen LogP contribution < -0.4 is 0 Å². The van der Waals surface area contributed by atoms with Crippen LogP contribution in [0, 0.1) is 0 Å². The second kappa shape index (κ2) is 35.8. The quantitative estimate of drug-likeness (QED) is 0.0273. The van der Waals surface area contributed by atoms with Crippen LogP contribution in [0.1, 0.15) is 200 Å². The maximum Gasteiger partial charge on any atom is 0.306 e. The van der Waals surface area contributed by atoms with Gasteiger partial charge in [-0.05, 0) is 38.5 Å². The van der Waals surface area contributed by atoms with Crippen LogP contribution >= 0.6 is 0 Å². The molecule has 0 radical (unpaired) electrons. The first-order chi connectivity index (χ1) is 26.3. The zero-order valence-electron chi connectivity index (χ0n) is 34.5. The smallest absolute Gasteiger partial charge is 0.306 e. The highest BCUT2D eigenvalue weighted by molar-refractivity contribution is 5.70. The van der Waals surface area contributed by atoms with E-state index in [-0.39, 0.29) is 32.0 Å². The number of hydrogen-bond donors (Lipinski definition) is 4. The van der Waals surface area contributed by atoms with Gasteiger partial charge in [0.2, 0.25) is 0 Å². The molecule has 1 aliphatic rings. The number of aliphatic hydroxyl groups is 4. The van der Waals surface area contributed by atoms with E-state index < -0.39 is 49.4 Å². The third kappa shape index (κ3) is 27.1. The lowest BCUT2D eigenvalue weighted by Crippen LogP contribution is -2.59. The van der Waals surface area contributed by atoms with Crippen molar-refractivity contribution in [3.05, 3.63) is 12.2 Å². The molecule has 1 fully saturated rings. The van der Waals surface area contributed by atoms with Crippen LogP contribution in [-0.4, -0.2) is 89.0 Å². The fraction of sp³-hybridized carbons (Fsp3) is 0.909. The van der Waals surface area contributed by atoms with Gasteiger partial charge in [0.1, 0.15) is 31.0 Å². The van der Waals surface area contributed by atoms with Gasteiger partial charge in [-0.25, -0.2) is 0 Å². The molecular weight excluding hydrogens is 688 g/mol. The Morgan fingerprint density at radius 1 is 0.556 bits per heavy atom. The molecule has 10 nitrogen and oxygen atoms in total. The van der Waals surface area contributed by atoms with Crippen LogP contribution in [0.3, 0.4) is 0 Å². The van der Waals surface area contributed by atoms with Crippen molar-refractivity contribution in [3.8, 4) is 0 Å². The summed E-state index contributed by atoms with van der Waals surface area (Å²) in [5, 5.41) is 40.0. The number of unbranched alkanes of at least 4 members (excludes halogenated alkanes) is 24. The third-order valence-corrected chi connectivity index (χ3v) is 10.4. The summed E-state index contributed by atoms with van der Waals surface area (Å²) in [6.45, 7) is 3.42. The SMILES string of the molecule is CCCCCCC/C=C/CCCCCCCC(=O)O[C@@H](COC(=O)CCCCCCCCCCCCCCCCC)CO[C@H]1O[C@@H](CO)[C@@H](O)C(O)C1O. The minimum absolute atomic E-state index is 0.215. The van der Waals surface area contributed by atoms with Gasteiger partial charge in [0.15, 0.2) is 12.4 Å². The Bertz CT molecular complexity index is 897. The summed E-state index contributed by atoms with van der Waals surface area (Å²) < 4.78 is 22.1. The fourth-order valence-electron chi connectivity index (χ4n) is 6.83. The van der Waals surface area contributed by atoms with Crippen LogP contribution in [0.15, 0.2) is 12.2 Å². The third-order valence-electron chi connectivity index (χ3n) is 10.4. The van der Waals surface area contributed by atoms with Gasteiger partial charge in [-0.3, -0.25) is 9.59 Å². The van der Waals surface area contributed by atoms with Crippen LogP contribution in [0.25, 0.3) is 0 Å². The van der Waals surface area contributed by atoms with Crippen LogP contribution in [0.2, 0.25) is 0 Å². The van der Waals surface area contributed by atoms with Gasteiger partial charge in [0.05, 0.1) is 13.2 Å². The van der Waals surface area contributed by atoms with Crippen molar-refractivity contribution in [3.63, 3.8) is 0 Å². The van der Waals surface area contributed by atoms with E-state index in [1.807, 2.05) is 0 Å². The lowest BCUT2D eigenvalue weighted by Gasteiger charge is -2.39. The molecule has 1 rings (SSSR count). The molecule has 0 aliphatic carbocycles. The molecule has 2 unspecified atom stereocenters. The molecule has 1 saturated heterocycles. The summed E-state index contributed by atoms with van der Waals surface area (Å²) in [4.78, 5) is 25.3. The Morgan fingerprint density at radius 2 is 0.981 bits per heavy atom. The van der Waals surface area contributed by atoms with Gasteiger partial charge >= 0.3 is 11.9 Å². The number of allylic oxidation sites excluding steroid dienone is 2. The fourth-order valence-corrected chi connectivity index (χ4v) is 6.83. The van der Waals surface area contributed by atoms with Gasteiger partial charge in [0, 0.05) is 12.8 Å². The predicted octanol–water partition coefficient (Wildman–Crippen LogP) is 9.17. The summed E-state index contributed by atoms with van der Waals surface area (Å²) in [6, 6.07) is 0. The Kier molecular flexibility index (Phi) is 33.5. The van der Waals surface area contributed by atoms with Gasteiger partial charge < -0.3 is 39.4 Å². The van der Waals surface area contributed by atoms with Crippen molar-refractivity contribution in [2.24, 2.45) is 0 Å². The monoisotopic (exact) mass is 771 g/mol. The maximum atomic E-state index is 12.7. The number of rotatable bonds is 37. The number of ether oxygens (including phenoxy) is 4. The van der Waals surface area contributed by atoms with E-state index in [0.717, 1.165) is 51.4 Å². The molecule has 10 heteroatoms. The molecular formula is C44H82O10. The normalized spacial score (nSPS) is 20.7. The maximum absolute atomic E-state index is 12.7. The molecule has 54 heavy (non-hydrogen) atoms. The summed E-state index contributed by atoms with van der Waals surface area (Å²) in [5.74, 6) is -0.807. The van der Waals surface area contributed by atoms with Crippen LogP contribution in [0.4, 0.5) is 0 Å². The molecule has 4 N–H and O–H groups in total. The number of carbonyl (C=O) groups excluding carboxylic acids is 2. The second-order valence-electron chi connectivity index (χ2n) is 15.5. The van der Waals surface area contributed by atoms with E-state index in [1.54, 1.807) is 0 Å². The average Bonchev–Trinajstić information content (AvgIpc) is 3.17. The zero-order valence-corrected chi connectivity index (χ0v) is 34.5. The molecule has 0 spiro atoms. The van der Waals surface area contributed by atoms with E-state index in [4.69, 9.17) is 18.9 Å². The van der Waals surface area contributed by atoms with Gasteiger partial charge in [-0.15, -0.1) is 0 Å². The predicted molar refractivity (Wildman–Crippen MR) is 215 cm³/mol. The first-order valence-corrected chi connectivity index (χ1v) is 22.3. The van der Waals surface area contributed by atoms with Crippen LogP contribution in [-0.2, 0) is 28.5 Å². The number of hydrogen-bond acceptors (Lipinski definition) is 10. The van der Waals surface area contributed by atoms with E-state index in [9.17, 15) is 30.0 Å².